The molecule has 2 aliphatic heterocycles. The van der Waals surface area contributed by atoms with Crippen LogP contribution in [0.15, 0.2) is 17.1 Å². The van der Waals surface area contributed by atoms with Crippen LogP contribution in [-0.2, 0) is 4.74 Å². The van der Waals surface area contributed by atoms with Gasteiger partial charge in [-0.15, -0.1) is 24.0 Å². The highest BCUT2D eigenvalue weighted by Gasteiger charge is 2.42. The lowest BCUT2D eigenvalue weighted by molar-refractivity contribution is 0.156. The Kier molecular flexibility index (Phi) is 7.13. The van der Waals surface area contributed by atoms with E-state index in [0.29, 0.717) is 5.41 Å². The van der Waals surface area contributed by atoms with E-state index >= 15 is 0 Å². The first-order valence-corrected chi connectivity index (χ1v) is 6.94. The highest BCUT2D eigenvalue weighted by Crippen LogP contribution is 2.38. The molecule has 19 heavy (non-hydrogen) atoms. The molecule has 0 bridgehead atoms. The minimum absolute atomic E-state index is 0. The Morgan fingerprint density at radius 3 is 2.95 bits per heavy atom. The third kappa shape index (κ3) is 4.34. The van der Waals surface area contributed by atoms with Crippen LogP contribution in [0.1, 0.15) is 26.2 Å². The van der Waals surface area contributed by atoms with Crippen LogP contribution >= 0.6 is 24.0 Å². The van der Waals surface area contributed by atoms with Crippen LogP contribution in [0.4, 0.5) is 0 Å². The van der Waals surface area contributed by atoms with Gasteiger partial charge >= 0.3 is 0 Å². The van der Waals surface area contributed by atoms with Gasteiger partial charge in [-0.3, -0.25) is 4.99 Å². The molecule has 2 saturated heterocycles. The number of nitrogens with zero attached hydrogens (tertiary/aromatic N) is 2. The van der Waals surface area contributed by atoms with E-state index in [0.717, 1.165) is 45.2 Å². The number of hydrogen-bond acceptors (Lipinski definition) is 2. The third-order valence-electron chi connectivity index (χ3n) is 3.96. The molecule has 0 amide bonds. The van der Waals surface area contributed by atoms with E-state index in [1.165, 1.54) is 12.8 Å². The van der Waals surface area contributed by atoms with Gasteiger partial charge in [0.1, 0.15) is 0 Å². The van der Waals surface area contributed by atoms with Crippen molar-refractivity contribution in [3.8, 4) is 0 Å². The zero-order valence-corrected chi connectivity index (χ0v) is 14.4. The van der Waals surface area contributed by atoms with E-state index in [4.69, 9.17) is 4.74 Å². The predicted molar refractivity (Wildman–Crippen MR) is 90.3 cm³/mol. The first-order valence-electron chi connectivity index (χ1n) is 6.94. The second-order valence-electron chi connectivity index (χ2n) is 5.31. The minimum atomic E-state index is 0. The highest BCUT2D eigenvalue weighted by atomic mass is 127. The first-order chi connectivity index (χ1) is 8.79. The molecule has 0 aromatic rings. The Balaban J connectivity index is 0.00000180. The smallest absolute Gasteiger partial charge is 0.193 e. The van der Waals surface area contributed by atoms with E-state index in [1.807, 2.05) is 7.05 Å². The number of likely N-dealkylation sites (tertiary alicyclic amines) is 1. The zero-order chi connectivity index (χ0) is 12.8. The van der Waals surface area contributed by atoms with Crippen LogP contribution in [0.25, 0.3) is 0 Å². The Morgan fingerprint density at radius 2 is 2.32 bits per heavy atom. The van der Waals surface area contributed by atoms with Crippen molar-refractivity contribution in [3.05, 3.63) is 12.2 Å². The second-order valence-corrected chi connectivity index (χ2v) is 5.31. The lowest BCUT2D eigenvalue weighted by Crippen LogP contribution is -2.41. The summed E-state index contributed by atoms with van der Waals surface area (Å²) in [5, 5.41) is 3.44. The number of halogens is 1. The lowest BCUT2D eigenvalue weighted by Gasteiger charge is -2.24. The molecule has 0 aromatic carbocycles. The van der Waals surface area contributed by atoms with Crippen molar-refractivity contribution >= 4 is 29.9 Å². The molecule has 0 radical (unpaired) electrons. The third-order valence-corrected chi connectivity index (χ3v) is 3.96. The summed E-state index contributed by atoms with van der Waals surface area (Å²) in [5.74, 6) is 1.04. The molecule has 2 heterocycles. The fourth-order valence-electron chi connectivity index (χ4n) is 2.85. The topological polar surface area (TPSA) is 36.9 Å². The monoisotopic (exact) mass is 379 g/mol. The molecule has 1 unspecified atom stereocenters. The number of allylic oxidation sites excluding steroid dienone is 1. The molecule has 1 N–H and O–H groups in total. The summed E-state index contributed by atoms with van der Waals surface area (Å²) in [6, 6.07) is 0. The predicted octanol–water partition coefficient (Wildman–Crippen LogP) is 2.26. The largest absolute Gasteiger partial charge is 0.381 e. The summed E-state index contributed by atoms with van der Waals surface area (Å²) >= 11 is 0. The quantitative estimate of drug-likeness (QED) is 0.269. The fourth-order valence-corrected chi connectivity index (χ4v) is 2.85. The standard InChI is InChI=1S/C14H25N3O.HI/c1-3-4-5-8-16-13(15-2)17-9-6-14(11-17)7-10-18-12-14;/h3-4H,5-12H2,1-2H3,(H,15,16);1H/b4-3+;. The summed E-state index contributed by atoms with van der Waals surface area (Å²) in [7, 11) is 1.87. The highest BCUT2D eigenvalue weighted by molar-refractivity contribution is 14.0. The molecule has 0 aromatic heterocycles. The van der Waals surface area contributed by atoms with Gasteiger partial charge in [0.15, 0.2) is 5.96 Å². The van der Waals surface area contributed by atoms with Crippen molar-refractivity contribution in [1.82, 2.24) is 10.2 Å². The molecule has 110 valence electrons. The molecule has 2 aliphatic rings. The maximum absolute atomic E-state index is 5.56. The fraction of sp³-hybridized carbons (Fsp3) is 0.786. The van der Waals surface area contributed by atoms with Crippen molar-refractivity contribution in [1.29, 1.82) is 0 Å². The Hall–Kier alpha value is -0.300. The van der Waals surface area contributed by atoms with Gasteiger partial charge in [0, 0.05) is 38.7 Å². The van der Waals surface area contributed by atoms with Gasteiger partial charge in [0.05, 0.1) is 6.61 Å². The summed E-state index contributed by atoms with van der Waals surface area (Å²) in [4.78, 5) is 6.77. The maximum Gasteiger partial charge on any atom is 0.193 e. The number of ether oxygens (including phenoxy) is 1. The van der Waals surface area contributed by atoms with Crippen LogP contribution in [-0.4, -0.2) is 50.8 Å². The zero-order valence-electron chi connectivity index (χ0n) is 12.0. The maximum atomic E-state index is 5.56. The van der Waals surface area contributed by atoms with Gasteiger partial charge in [0.25, 0.3) is 0 Å². The number of aliphatic imine (C=N–C) groups is 1. The van der Waals surface area contributed by atoms with E-state index in [-0.39, 0.29) is 24.0 Å². The molecule has 2 fully saturated rings. The lowest BCUT2D eigenvalue weighted by atomic mass is 9.87. The summed E-state index contributed by atoms with van der Waals surface area (Å²) in [5.41, 5.74) is 0.404. The van der Waals surface area contributed by atoms with E-state index in [2.05, 4.69) is 34.3 Å². The Labute approximate surface area is 133 Å². The van der Waals surface area contributed by atoms with Crippen molar-refractivity contribution in [2.45, 2.75) is 26.2 Å². The summed E-state index contributed by atoms with van der Waals surface area (Å²) in [6.45, 7) is 7.07. The second kappa shape index (κ2) is 8.09. The van der Waals surface area contributed by atoms with Crippen molar-refractivity contribution in [3.63, 3.8) is 0 Å². The molecular formula is C14H26IN3O. The van der Waals surface area contributed by atoms with Gasteiger partial charge in [-0.1, -0.05) is 12.2 Å². The summed E-state index contributed by atoms with van der Waals surface area (Å²) < 4.78 is 5.56. The molecule has 0 aliphatic carbocycles. The molecular weight excluding hydrogens is 353 g/mol. The van der Waals surface area contributed by atoms with E-state index in [1.54, 1.807) is 0 Å². The Bertz CT molecular complexity index is 325. The molecule has 2 rings (SSSR count). The van der Waals surface area contributed by atoms with Crippen molar-refractivity contribution < 1.29 is 4.74 Å². The van der Waals surface area contributed by atoms with Gasteiger partial charge in [-0.25, -0.2) is 0 Å². The molecule has 4 nitrogen and oxygen atoms in total. The number of guanidine groups is 1. The van der Waals surface area contributed by atoms with Crippen LogP contribution in [0, 0.1) is 5.41 Å². The summed E-state index contributed by atoms with van der Waals surface area (Å²) in [6.07, 6.45) is 7.76. The van der Waals surface area contributed by atoms with Gasteiger partial charge in [0.2, 0.25) is 0 Å². The number of hydrogen-bond donors (Lipinski definition) is 1. The number of nitrogens with one attached hydrogen (secondary N) is 1. The first kappa shape index (κ1) is 16.8. The van der Waals surface area contributed by atoms with Crippen molar-refractivity contribution in [2.75, 3.05) is 39.9 Å². The molecule has 1 spiro atoms. The van der Waals surface area contributed by atoms with Gasteiger partial charge in [-0.05, 0) is 26.2 Å². The Morgan fingerprint density at radius 1 is 1.47 bits per heavy atom. The average Bonchev–Trinajstić information content (AvgIpc) is 3.01. The van der Waals surface area contributed by atoms with E-state index < -0.39 is 0 Å². The van der Waals surface area contributed by atoms with Gasteiger partial charge in [-0.2, -0.15) is 0 Å². The average molecular weight is 379 g/mol. The normalized spacial score (nSPS) is 27.3. The van der Waals surface area contributed by atoms with Crippen LogP contribution in [0.5, 0.6) is 0 Å². The molecule has 0 saturated carbocycles. The van der Waals surface area contributed by atoms with E-state index in [9.17, 15) is 0 Å². The van der Waals surface area contributed by atoms with Crippen LogP contribution < -0.4 is 5.32 Å². The SMILES string of the molecule is C/C=C/CCNC(=NC)N1CCC2(CCOC2)C1.I. The van der Waals surface area contributed by atoms with Gasteiger partial charge < -0.3 is 15.0 Å². The number of rotatable bonds is 3. The van der Waals surface area contributed by atoms with Crippen molar-refractivity contribution in [2.24, 2.45) is 10.4 Å². The minimum Gasteiger partial charge on any atom is -0.381 e. The van der Waals surface area contributed by atoms with Crippen LogP contribution in [0.2, 0.25) is 0 Å². The molecule has 1 atom stereocenters. The van der Waals surface area contributed by atoms with Crippen LogP contribution in [0.3, 0.4) is 0 Å². The molecule has 5 heteroatoms.